The summed E-state index contributed by atoms with van der Waals surface area (Å²) in [5.41, 5.74) is 10.9. The lowest BCUT2D eigenvalue weighted by molar-refractivity contribution is -0.437. The number of para-hydroxylation sites is 2. The van der Waals surface area contributed by atoms with Gasteiger partial charge in [0.05, 0.1) is 5.41 Å². The highest BCUT2D eigenvalue weighted by atomic mass is 16.6. The Morgan fingerprint density at radius 2 is 1.56 bits per heavy atom. The maximum atomic E-state index is 12.2. The lowest BCUT2D eigenvalue weighted by Gasteiger charge is -2.27. The predicted molar refractivity (Wildman–Crippen MR) is 228 cm³/mol. The highest BCUT2D eigenvalue weighted by molar-refractivity contribution is 6.03. The van der Waals surface area contributed by atoms with Gasteiger partial charge in [-0.3, -0.25) is 0 Å². The monoisotopic (exact) mass is 740 g/mol. The van der Waals surface area contributed by atoms with E-state index in [4.69, 9.17) is 9.47 Å². The van der Waals surface area contributed by atoms with E-state index in [0.29, 0.717) is 13.0 Å². The molecular weight excluding hydrogens is 679 g/mol. The topological polar surface area (TPSA) is 53.8 Å². The minimum atomic E-state index is -0.520. The van der Waals surface area contributed by atoms with Crippen molar-refractivity contribution >= 4 is 23.2 Å². The molecule has 0 bridgehead atoms. The van der Waals surface area contributed by atoms with Crippen molar-refractivity contribution in [3.63, 3.8) is 0 Å². The average Bonchev–Trinajstić information content (AvgIpc) is 3.49. The van der Waals surface area contributed by atoms with E-state index in [-0.39, 0.29) is 10.8 Å². The van der Waals surface area contributed by atoms with Crippen molar-refractivity contribution in [1.29, 1.82) is 0 Å². The molecule has 0 atom stereocenters. The van der Waals surface area contributed by atoms with Crippen LogP contribution in [0.25, 0.3) is 0 Å². The van der Waals surface area contributed by atoms with Gasteiger partial charge in [-0.2, -0.15) is 4.58 Å². The van der Waals surface area contributed by atoms with Gasteiger partial charge < -0.3 is 19.7 Å². The highest BCUT2D eigenvalue weighted by Crippen LogP contribution is 2.48. The van der Waals surface area contributed by atoms with Crippen molar-refractivity contribution < 1.29 is 18.8 Å². The zero-order chi connectivity index (χ0) is 39.4. The third-order valence-electron chi connectivity index (χ3n) is 11.1. The number of amides is 1. The second-order valence-electron chi connectivity index (χ2n) is 17.2. The Morgan fingerprint density at radius 3 is 2.27 bits per heavy atom. The maximum Gasteiger partial charge on any atom is 0.407 e. The van der Waals surface area contributed by atoms with E-state index in [1.54, 1.807) is 0 Å². The van der Waals surface area contributed by atoms with Gasteiger partial charge in [0.2, 0.25) is 5.69 Å². The first-order valence-corrected chi connectivity index (χ1v) is 20.4. The van der Waals surface area contributed by atoms with Gasteiger partial charge in [0.15, 0.2) is 5.71 Å². The number of anilines is 1. The molecule has 3 aromatic rings. The largest absolute Gasteiger partial charge is 0.457 e. The Labute approximate surface area is 330 Å². The number of ether oxygens (including phenoxy) is 2. The molecule has 1 N–H and O–H groups in total. The van der Waals surface area contributed by atoms with Gasteiger partial charge in [-0.25, -0.2) is 4.79 Å². The number of carbonyl (C=O) groups excluding carboxylic acids is 1. The van der Waals surface area contributed by atoms with Gasteiger partial charge in [-0.15, -0.1) is 0 Å². The molecule has 55 heavy (non-hydrogen) atoms. The van der Waals surface area contributed by atoms with Gasteiger partial charge in [0.1, 0.15) is 23.7 Å². The first-order chi connectivity index (χ1) is 26.2. The SMILES string of the molecule is CCCN1/C(=C/C=C2\CCCC(/C=C/C3=[N+](CCC)c4ccccc4C3(C)C)=C2Oc2ccc(CCNC(=O)OC(C)(C)C)cc2)C(C)(C)c2ccccc21. The van der Waals surface area contributed by atoms with Gasteiger partial charge in [0.25, 0.3) is 0 Å². The third-order valence-corrected chi connectivity index (χ3v) is 11.1. The van der Waals surface area contributed by atoms with E-state index in [0.717, 1.165) is 62.3 Å². The fourth-order valence-electron chi connectivity index (χ4n) is 8.39. The second kappa shape index (κ2) is 16.5. The standard InChI is InChI=1S/C49H61N3O3/c1-10-33-51-41-21-14-12-19-39(41)48(6,7)43(51)29-25-36-17-16-18-37(26-30-44-49(8,9)40-20-13-15-22-42(40)52(44)34-11-2)45(36)54-38-27-23-35(24-28-38)31-32-50-46(53)55-47(3,4)5/h12-15,19-30H,10-11,16-18,31-34H2,1-9H3/p+1. The van der Waals surface area contributed by atoms with Gasteiger partial charge >= 0.3 is 6.09 Å². The van der Waals surface area contributed by atoms with Crippen LogP contribution >= 0.6 is 0 Å². The third kappa shape index (κ3) is 8.69. The summed E-state index contributed by atoms with van der Waals surface area (Å²) in [6, 6.07) is 26.0. The summed E-state index contributed by atoms with van der Waals surface area (Å²) in [6.07, 6.45) is 14.8. The Balaban J connectivity index is 1.35. The Hall–Kier alpha value is -4.84. The number of hydrogen-bond donors (Lipinski definition) is 1. The molecule has 2 aliphatic heterocycles. The molecule has 0 fully saturated rings. The molecule has 6 nitrogen and oxygen atoms in total. The van der Waals surface area contributed by atoms with Crippen LogP contribution in [0.5, 0.6) is 5.75 Å². The van der Waals surface area contributed by atoms with Crippen molar-refractivity contribution in [3.8, 4) is 5.75 Å². The molecule has 1 aliphatic carbocycles. The summed E-state index contributed by atoms with van der Waals surface area (Å²) < 4.78 is 14.9. The molecule has 6 rings (SSSR count). The summed E-state index contributed by atoms with van der Waals surface area (Å²) in [5.74, 6) is 1.75. The predicted octanol–water partition coefficient (Wildman–Crippen LogP) is 11.6. The van der Waals surface area contributed by atoms with E-state index in [9.17, 15) is 4.79 Å². The van der Waals surface area contributed by atoms with Crippen LogP contribution in [0.15, 0.2) is 120 Å². The van der Waals surface area contributed by atoms with Crippen molar-refractivity contribution in [3.05, 3.63) is 136 Å². The second-order valence-corrected chi connectivity index (χ2v) is 17.2. The van der Waals surface area contributed by atoms with Crippen molar-refractivity contribution in [2.45, 2.75) is 117 Å². The molecule has 6 heteroatoms. The lowest BCUT2D eigenvalue weighted by atomic mass is 9.81. The van der Waals surface area contributed by atoms with Crippen molar-refractivity contribution in [1.82, 2.24) is 5.32 Å². The Kier molecular flexibility index (Phi) is 11.9. The van der Waals surface area contributed by atoms with Gasteiger partial charge in [0, 0.05) is 54.0 Å². The zero-order valence-corrected chi connectivity index (χ0v) is 34.7. The van der Waals surface area contributed by atoms with Crippen LogP contribution in [0.4, 0.5) is 16.2 Å². The molecule has 0 unspecified atom stereocenters. The van der Waals surface area contributed by atoms with Crippen molar-refractivity contribution in [2.75, 3.05) is 24.5 Å². The summed E-state index contributed by atoms with van der Waals surface area (Å²) in [5, 5.41) is 2.87. The zero-order valence-electron chi connectivity index (χ0n) is 34.7. The quantitative estimate of drug-likeness (QED) is 0.188. The Morgan fingerprint density at radius 1 is 0.855 bits per heavy atom. The van der Waals surface area contributed by atoms with E-state index in [1.807, 2.05) is 20.8 Å². The van der Waals surface area contributed by atoms with E-state index < -0.39 is 11.7 Å². The van der Waals surface area contributed by atoms with Crippen LogP contribution in [0.1, 0.15) is 111 Å². The molecule has 3 aliphatic rings. The molecule has 0 saturated heterocycles. The van der Waals surface area contributed by atoms with Crippen molar-refractivity contribution in [2.24, 2.45) is 0 Å². The van der Waals surface area contributed by atoms with E-state index in [2.05, 4.69) is 153 Å². The van der Waals surface area contributed by atoms with Crippen LogP contribution < -0.4 is 15.0 Å². The molecule has 3 aromatic carbocycles. The number of hydrogen-bond acceptors (Lipinski definition) is 4. The highest BCUT2D eigenvalue weighted by Gasteiger charge is 2.44. The van der Waals surface area contributed by atoms with Crippen LogP contribution in [0.2, 0.25) is 0 Å². The first kappa shape index (κ1) is 39.8. The normalized spacial score (nSPS) is 19.0. The smallest absolute Gasteiger partial charge is 0.407 e. The van der Waals surface area contributed by atoms with Crippen LogP contribution in [-0.2, 0) is 22.0 Å². The van der Waals surface area contributed by atoms with Crippen LogP contribution in [-0.4, -0.2) is 41.6 Å². The molecule has 0 spiro atoms. The molecule has 2 heterocycles. The molecule has 290 valence electrons. The number of fused-ring (bicyclic) bond motifs is 2. The fourth-order valence-corrected chi connectivity index (χ4v) is 8.39. The molecular formula is C49H62N3O3+. The average molecular weight is 741 g/mol. The number of nitrogens with one attached hydrogen (secondary N) is 1. The summed E-state index contributed by atoms with van der Waals surface area (Å²) in [6.45, 7) is 22.0. The summed E-state index contributed by atoms with van der Waals surface area (Å²) in [7, 11) is 0. The van der Waals surface area contributed by atoms with Gasteiger partial charge in [-0.05, 0) is 119 Å². The van der Waals surface area contributed by atoms with Gasteiger partial charge in [-0.1, -0.05) is 82.3 Å². The number of nitrogens with zero attached hydrogens (tertiary/aromatic N) is 2. The number of allylic oxidation sites excluding steroid dienone is 7. The van der Waals surface area contributed by atoms with Crippen LogP contribution in [0, 0.1) is 0 Å². The molecule has 0 aromatic heterocycles. The lowest BCUT2D eigenvalue weighted by Crippen LogP contribution is -2.33. The fraction of sp³-hybridized carbons (Fsp3) is 0.429. The molecule has 0 radical (unpaired) electrons. The number of rotatable bonds is 12. The summed E-state index contributed by atoms with van der Waals surface area (Å²) in [4.78, 5) is 14.7. The molecule has 1 amide bonds. The number of benzene rings is 3. The van der Waals surface area contributed by atoms with Crippen LogP contribution in [0.3, 0.4) is 0 Å². The summed E-state index contributed by atoms with van der Waals surface area (Å²) >= 11 is 0. The maximum absolute atomic E-state index is 12.2. The van der Waals surface area contributed by atoms with E-state index >= 15 is 0 Å². The minimum Gasteiger partial charge on any atom is -0.457 e. The Bertz CT molecular complexity index is 2040. The molecule has 0 saturated carbocycles. The number of carbonyl (C=O) groups is 1. The number of alkyl carbamates (subject to hydrolysis) is 1. The van der Waals surface area contributed by atoms with E-state index in [1.165, 1.54) is 45.1 Å². The minimum absolute atomic E-state index is 0.110. The first-order valence-electron chi connectivity index (χ1n) is 20.4.